The quantitative estimate of drug-likeness (QED) is 0.553. The maximum atomic E-state index is 10.1. The van der Waals surface area contributed by atoms with Crippen LogP contribution in [0.3, 0.4) is 0 Å². The van der Waals surface area contributed by atoms with E-state index in [4.69, 9.17) is 0 Å². The molecule has 0 aromatic heterocycles. The highest BCUT2D eigenvalue weighted by Gasteiger charge is 1.90. The molecule has 3 nitrogen and oxygen atoms in total. The largest absolute Gasteiger partial charge is 0.347 e. The van der Waals surface area contributed by atoms with E-state index in [2.05, 4.69) is 33.0 Å². The molecule has 3 heteroatoms. The van der Waals surface area contributed by atoms with E-state index >= 15 is 0 Å². The molecule has 0 rings (SSSR count). The van der Waals surface area contributed by atoms with Crippen LogP contribution in [0.5, 0.6) is 0 Å². The van der Waals surface area contributed by atoms with Gasteiger partial charge >= 0.3 is 0 Å². The fraction of sp³-hybridized carbons (Fsp3) is 0.929. The first-order valence-electron chi connectivity index (χ1n) is 6.90. The van der Waals surface area contributed by atoms with Crippen LogP contribution in [0.4, 0.5) is 0 Å². The average Bonchev–Trinajstić information content (AvgIpc) is 2.30. The number of hydrogen-bond acceptors (Lipinski definition) is 2. The number of carbonyl (C=O) groups is 1. The Hall–Kier alpha value is -0.570. The van der Waals surface area contributed by atoms with Gasteiger partial charge in [-0.25, -0.2) is 0 Å². The maximum Gasteiger partial charge on any atom is 0.209 e. The lowest BCUT2D eigenvalue weighted by molar-refractivity contribution is -0.116. The molecule has 0 aliphatic carbocycles. The molecule has 0 fully saturated rings. The molecule has 1 amide bonds. The van der Waals surface area contributed by atoms with Crippen molar-refractivity contribution in [3.8, 4) is 0 Å². The highest BCUT2D eigenvalue weighted by atomic mass is 16.1. The molecule has 0 aliphatic rings. The minimum Gasteiger partial charge on any atom is -0.347 e. The van der Waals surface area contributed by atoms with Crippen LogP contribution in [-0.4, -0.2) is 38.0 Å². The van der Waals surface area contributed by atoms with E-state index in [0.717, 1.165) is 32.0 Å². The maximum absolute atomic E-state index is 10.1. The van der Waals surface area contributed by atoms with Crippen molar-refractivity contribution in [1.29, 1.82) is 0 Å². The SMILES string of the molecule is CC.CC(C)C.CCCCNCCN(C)C=O. The third-order valence-corrected chi connectivity index (χ3v) is 1.53. The van der Waals surface area contributed by atoms with Gasteiger partial charge in [0.15, 0.2) is 0 Å². The van der Waals surface area contributed by atoms with Crippen molar-refractivity contribution in [2.24, 2.45) is 5.92 Å². The number of amides is 1. The summed E-state index contributed by atoms with van der Waals surface area (Å²) < 4.78 is 0. The third-order valence-electron chi connectivity index (χ3n) is 1.53. The zero-order chi connectivity index (χ0) is 14.1. The normalized spacial score (nSPS) is 8.71. The summed E-state index contributed by atoms with van der Waals surface area (Å²) in [5.41, 5.74) is 0. The van der Waals surface area contributed by atoms with Crippen LogP contribution >= 0.6 is 0 Å². The van der Waals surface area contributed by atoms with Crippen LogP contribution in [0.25, 0.3) is 0 Å². The number of carbonyl (C=O) groups excluding carboxylic acids is 1. The predicted octanol–water partition coefficient (Wildman–Crippen LogP) is 3.15. The van der Waals surface area contributed by atoms with E-state index in [1.54, 1.807) is 11.9 Å². The second kappa shape index (κ2) is 20.8. The van der Waals surface area contributed by atoms with E-state index < -0.39 is 0 Å². The van der Waals surface area contributed by atoms with Crippen molar-refractivity contribution in [3.05, 3.63) is 0 Å². The standard InChI is InChI=1S/C8H18N2O.C4H10.C2H6/c1-3-4-5-9-6-7-10(2)8-11;1-4(2)3;1-2/h8-9H,3-7H2,1-2H3;4H,1-3H3;1-2H3. The number of likely N-dealkylation sites (N-methyl/N-ethyl adjacent to an activating group) is 1. The average molecular weight is 246 g/mol. The summed E-state index contributed by atoms with van der Waals surface area (Å²) in [7, 11) is 1.79. The molecule has 106 valence electrons. The fourth-order valence-electron chi connectivity index (χ4n) is 0.735. The minimum atomic E-state index is 0.799. The first-order valence-corrected chi connectivity index (χ1v) is 6.90. The molecule has 17 heavy (non-hydrogen) atoms. The van der Waals surface area contributed by atoms with Gasteiger partial charge in [0.25, 0.3) is 0 Å². The smallest absolute Gasteiger partial charge is 0.209 e. The van der Waals surface area contributed by atoms with Crippen LogP contribution in [0.1, 0.15) is 54.4 Å². The molecule has 0 saturated heterocycles. The van der Waals surface area contributed by atoms with Gasteiger partial charge in [0.05, 0.1) is 0 Å². The molecule has 0 unspecified atom stereocenters. The van der Waals surface area contributed by atoms with Crippen molar-refractivity contribution in [2.45, 2.75) is 54.4 Å². The van der Waals surface area contributed by atoms with Crippen molar-refractivity contribution >= 4 is 6.41 Å². The van der Waals surface area contributed by atoms with Crippen LogP contribution in [-0.2, 0) is 4.79 Å². The van der Waals surface area contributed by atoms with E-state index in [1.807, 2.05) is 13.8 Å². The fourth-order valence-corrected chi connectivity index (χ4v) is 0.735. The van der Waals surface area contributed by atoms with Gasteiger partial charge in [-0.1, -0.05) is 48.0 Å². The molecule has 0 radical (unpaired) electrons. The lowest BCUT2D eigenvalue weighted by atomic mass is 10.3. The zero-order valence-corrected chi connectivity index (χ0v) is 13.0. The van der Waals surface area contributed by atoms with Crippen molar-refractivity contribution in [3.63, 3.8) is 0 Å². The van der Waals surface area contributed by atoms with Gasteiger partial charge in [-0.2, -0.15) is 0 Å². The van der Waals surface area contributed by atoms with Gasteiger partial charge in [0.2, 0.25) is 6.41 Å². The van der Waals surface area contributed by atoms with Gasteiger partial charge in [0.1, 0.15) is 0 Å². The van der Waals surface area contributed by atoms with E-state index in [1.165, 1.54) is 12.8 Å². The Balaban J connectivity index is -0.000000275. The second-order valence-electron chi connectivity index (χ2n) is 4.42. The molecule has 0 aliphatic heterocycles. The van der Waals surface area contributed by atoms with Crippen LogP contribution in [0, 0.1) is 5.92 Å². The van der Waals surface area contributed by atoms with E-state index in [0.29, 0.717) is 0 Å². The Morgan fingerprint density at radius 1 is 1.18 bits per heavy atom. The summed E-state index contributed by atoms with van der Waals surface area (Å²) in [6.45, 7) is 15.4. The molecule has 0 saturated carbocycles. The summed E-state index contributed by atoms with van der Waals surface area (Å²) in [5, 5.41) is 3.25. The summed E-state index contributed by atoms with van der Waals surface area (Å²) in [5.74, 6) is 0.833. The van der Waals surface area contributed by atoms with Gasteiger partial charge in [0, 0.05) is 20.1 Å². The Morgan fingerprint density at radius 2 is 1.65 bits per heavy atom. The molecule has 0 spiro atoms. The highest BCUT2D eigenvalue weighted by Crippen LogP contribution is 1.82. The number of nitrogens with one attached hydrogen (secondary N) is 1. The van der Waals surface area contributed by atoms with Gasteiger partial charge in [-0.3, -0.25) is 4.79 Å². The molecular formula is C14H34N2O. The molecule has 0 heterocycles. The topological polar surface area (TPSA) is 32.3 Å². The molecule has 0 aromatic rings. The molecule has 1 N–H and O–H groups in total. The number of hydrogen-bond donors (Lipinski definition) is 1. The lowest BCUT2D eigenvalue weighted by Crippen LogP contribution is -2.28. The van der Waals surface area contributed by atoms with Gasteiger partial charge in [-0.05, 0) is 18.9 Å². The summed E-state index contributed by atoms with van der Waals surface area (Å²) in [6.07, 6.45) is 3.28. The Labute approximate surface area is 109 Å². The van der Waals surface area contributed by atoms with Crippen LogP contribution in [0.2, 0.25) is 0 Å². The first kappa shape index (κ1) is 21.7. The van der Waals surface area contributed by atoms with Gasteiger partial charge in [-0.15, -0.1) is 0 Å². The summed E-state index contributed by atoms with van der Waals surface area (Å²) in [4.78, 5) is 11.8. The summed E-state index contributed by atoms with van der Waals surface area (Å²) in [6, 6.07) is 0. The zero-order valence-electron chi connectivity index (χ0n) is 13.0. The Kier molecular flexibility index (Phi) is 26.5. The van der Waals surface area contributed by atoms with Crippen molar-refractivity contribution in [2.75, 3.05) is 26.7 Å². The van der Waals surface area contributed by atoms with Crippen LogP contribution < -0.4 is 5.32 Å². The number of nitrogens with zero attached hydrogens (tertiary/aromatic N) is 1. The molecule has 0 atom stereocenters. The van der Waals surface area contributed by atoms with Crippen LogP contribution in [0.15, 0.2) is 0 Å². The van der Waals surface area contributed by atoms with E-state index in [9.17, 15) is 4.79 Å². The Bertz CT molecular complexity index is 125. The molecule has 0 aromatic carbocycles. The second-order valence-corrected chi connectivity index (χ2v) is 4.42. The number of unbranched alkanes of at least 4 members (excludes halogenated alkanes) is 1. The third kappa shape index (κ3) is 39.2. The van der Waals surface area contributed by atoms with Crippen molar-refractivity contribution < 1.29 is 4.79 Å². The number of rotatable bonds is 7. The monoisotopic (exact) mass is 246 g/mol. The van der Waals surface area contributed by atoms with E-state index in [-0.39, 0.29) is 0 Å². The first-order chi connectivity index (χ1) is 8.04. The Morgan fingerprint density at radius 3 is 2.00 bits per heavy atom. The van der Waals surface area contributed by atoms with Crippen molar-refractivity contribution in [1.82, 2.24) is 10.2 Å². The lowest BCUT2D eigenvalue weighted by Gasteiger charge is -2.10. The molecule has 0 bridgehead atoms. The van der Waals surface area contributed by atoms with Gasteiger partial charge < -0.3 is 10.2 Å². The minimum absolute atomic E-state index is 0.799. The highest BCUT2D eigenvalue weighted by molar-refractivity contribution is 5.46. The molecular weight excluding hydrogens is 212 g/mol. The predicted molar refractivity (Wildman–Crippen MR) is 78.3 cm³/mol. The summed E-state index contributed by atoms with van der Waals surface area (Å²) >= 11 is 0.